The van der Waals surface area contributed by atoms with Gasteiger partial charge in [0.05, 0.1) is 0 Å². The first-order chi connectivity index (χ1) is 16.0. The zero-order valence-corrected chi connectivity index (χ0v) is 18.3. The maximum Gasteiger partial charge on any atom is 0.344 e. The number of hydrogen-bond acceptors (Lipinski definition) is 4. The SMILES string of the molecule is CCC1(c2ccccc2)NC(=O)N(NC(=O)COc2ccccc2Cc2ccccc2)C1=O. The van der Waals surface area contributed by atoms with Crippen LogP contribution in [0.1, 0.15) is 30.0 Å². The quantitative estimate of drug-likeness (QED) is 0.522. The van der Waals surface area contributed by atoms with Crippen molar-refractivity contribution in [3.05, 3.63) is 102 Å². The van der Waals surface area contributed by atoms with Crippen LogP contribution in [0.2, 0.25) is 0 Å². The van der Waals surface area contributed by atoms with Crippen LogP contribution in [-0.4, -0.2) is 29.5 Å². The van der Waals surface area contributed by atoms with E-state index in [9.17, 15) is 14.4 Å². The Bertz CT molecular complexity index is 1150. The van der Waals surface area contributed by atoms with Crippen molar-refractivity contribution < 1.29 is 19.1 Å². The van der Waals surface area contributed by atoms with Crippen molar-refractivity contribution in [1.82, 2.24) is 15.8 Å². The number of benzene rings is 3. The summed E-state index contributed by atoms with van der Waals surface area (Å²) in [5.41, 5.74) is 3.88. The molecule has 4 rings (SSSR count). The molecule has 2 N–H and O–H groups in total. The second kappa shape index (κ2) is 9.56. The van der Waals surface area contributed by atoms with E-state index in [0.717, 1.165) is 16.1 Å². The molecule has 0 spiro atoms. The lowest BCUT2D eigenvalue weighted by Crippen LogP contribution is -2.49. The monoisotopic (exact) mass is 443 g/mol. The topological polar surface area (TPSA) is 87.7 Å². The fourth-order valence-corrected chi connectivity index (χ4v) is 3.95. The number of hydrazine groups is 1. The van der Waals surface area contributed by atoms with Gasteiger partial charge < -0.3 is 10.1 Å². The van der Waals surface area contributed by atoms with Crippen molar-refractivity contribution in [3.63, 3.8) is 0 Å². The zero-order valence-electron chi connectivity index (χ0n) is 18.3. The van der Waals surface area contributed by atoms with Crippen LogP contribution in [0, 0.1) is 0 Å². The number of urea groups is 1. The van der Waals surface area contributed by atoms with Gasteiger partial charge in [0.25, 0.3) is 11.8 Å². The minimum Gasteiger partial charge on any atom is -0.483 e. The molecule has 1 atom stereocenters. The first-order valence-electron chi connectivity index (χ1n) is 10.8. The number of nitrogens with one attached hydrogen (secondary N) is 2. The molecule has 1 aliphatic rings. The normalized spacial score (nSPS) is 17.5. The Balaban J connectivity index is 1.42. The Labute approximate surface area is 192 Å². The summed E-state index contributed by atoms with van der Waals surface area (Å²) >= 11 is 0. The van der Waals surface area contributed by atoms with Crippen LogP contribution in [0.25, 0.3) is 0 Å². The van der Waals surface area contributed by atoms with Crippen LogP contribution in [0.3, 0.4) is 0 Å². The highest BCUT2D eigenvalue weighted by molar-refractivity contribution is 6.08. The molecule has 7 nitrogen and oxygen atoms in total. The van der Waals surface area contributed by atoms with E-state index in [1.54, 1.807) is 30.3 Å². The molecular formula is C26H25N3O4. The average molecular weight is 444 g/mol. The average Bonchev–Trinajstić information content (AvgIpc) is 3.10. The number of ether oxygens (including phenoxy) is 1. The number of rotatable bonds is 8. The second-order valence-electron chi connectivity index (χ2n) is 7.79. The van der Waals surface area contributed by atoms with Gasteiger partial charge >= 0.3 is 6.03 Å². The van der Waals surface area contributed by atoms with Gasteiger partial charge in [-0.05, 0) is 29.2 Å². The molecule has 0 radical (unpaired) electrons. The Morgan fingerprint density at radius 2 is 1.58 bits per heavy atom. The molecule has 3 aromatic carbocycles. The van der Waals surface area contributed by atoms with Crippen LogP contribution in [0.15, 0.2) is 84.9 Å². The predicted molar refractivity (Wildman–Crippen MR) is 123 cm³/mol. The molecule has 1 aliphatic heterocycles. The van der Waals surface area contributed by atoms with E-state index in [1.165, 1.54) is 0 Å². The Kier molecular flexibility index (Phi) is 6.40. The van der Waals surface area contributed by atoms with E-state index < -0.39 is 23.4 Å². The van der Waals surface area contributed by atoms with Gasteiger partial charge in [0.15, 0.2) is 6.61 Å². The number of amides is 4. The third kappa shape index (κ3) is 4.57. The number of hydrogen-bond donors (Lipinski definition) is 2. The van der Waals surface area contributed by atoms with Crippen LogP contribution < -0.4 is 15.5 Å². The van der Waals surface area contributed by atoms with Gasteiger partial charge in [-0.2, -0.15) is 5.01 Å². The minimum absolute atomic E-state index is 0.340. The molecule has 0 aliphatic carbocycles. The van der Waals surface area contributed by atoms with Crippen molar-refractivity contribution in [3.8, 4) is 5.75 Å². The third-order valence-electron chi connectivity index (χ3n) is 5.69. The lowest BCUT2D eigenvalue weighted by atomic mass is 9.87. The Morgan fingerprint density at radius 1 is 0.939 bits per heavy atom. The van der Waals surface area contributed by atoms with Crippen molar-refractivity contribution in [2.24, 2.45) is 0 Å². The van der Waals surface area contributed by atoms with E-state index in [2.05, 4.69) is 10.7 Å². The molecule has 1 fully saturated rings. The molecule has 33 heavy (non-hydrogen) atoms. The summed E-state index contributed by atoms with van der Waals surface area (Å²) in [6.07, 6.45) is 0.999. The molecule has 1 heterocycles. The lowest BCUT2D eigenvalue weighted by molar-refractivity contribution is -0.140. The molecule has 168 valence electrons. The Hall–Kier alpha value is -4.13. The second-order valence-corrected chi connectivity index (χ2v) is 7.79. The van der Waals surface area contributed by atoms with Gasteiger partial charge in [0.1, 0.15) is 11.3 Å². The summed E-state index contributed by atoms with van der Waals surface area (Å²) in [4.78, 5) is 38.2. The number of imide groups is 1. The van der Waals surface area contributed by atoms with E-state index in [1.807, 2.05) is 61.5 Å². The number of carbonyl (C=O) groups is 3. The van der Waals surface area contributed by atoms with Crippen LogP contribution in [0.5, 0.6) is 5.75 Å². The van der Waals surface area contributed by atoms with Crippen LogP contribution in [-0.2, 0) is 21.5 Å². The van der Waals surface area contributed by atoms with Gasteiger partial charge in [-0.1, -0.05) is 85.8 Å². The summed E-state index contributed by atoms with van der Waals surface area (Å²) < 4.78 is 5.73. The fourth-order valence-electron chi connectivity index (χ4n) is 3.95. The largest absolute Gasteiger partial charge is 0.483 e. The highest BCUT2D eigenvalue weighted by Gasteiger charge is 2.52. The van der Waals surface area contributed by atoms with Gasteiger partial charge in [0, 0.05) is 6.42 Å². The van der Waals surface area contributed by atoms with E-state index in [4.69, 9.17) is 4.74 Å². The van der Waals surface area contributed by atoms with Crippen LogP contribution in [0.4, 0.5) is 4.79 Å². The van der Waals surface area contributed by atoms with Gasteiger partial charge in [0.2, 0.25) is 0 Å². The third-order valence-corrected chi connectivity index (χ3v) is 5.69. The maximum absolute atomic E-state index is 13.1. The highest BCUT2D eigenvalue weighted by atomic mass is 16.5. The molecule has 1 unspecified atom stereocenters. The fraction of sp³-hybridized carbons (Fsp3) is 0.192. The molecule has 1 saturated heterocycles. The smallest absolute Gasteiger partial charge is 0.344 e. The molecule has 0 aromatic heterocycles. The predicted octanol–water partition coefficient (Wildman–Crippen LogP) is 3.54. The van der Waals surface area contributed by atoms with Gasteiger partial charge in [-0.15, -0.1) is 0 Å². The van der Waals surface area contributed by atoms with Crippen molar-refractivity contribution >= 4 is 17.8 Å². The minimum atomic E-state index is -1.21. The van der Waals surface area contributed by atoms with Crippen molar-refractivity contribution in [1.29, 1.82) is 0 Å². The summed E-state index contributed by atoms with van der Waals surface area (Å²) in [6, 6.07) is 25.7. The van der Waals surface area contributed by atoms with Crippen LogP contribution >= 0.6 is 0 Å². The first kappa shape index (κ1) is 22.1. The summed E-state index contributed by atoms with van der Waals surface area (Å²) in [5, 5.41) is 3.46. The van der Waals surface area contributed by atoms with Crippen molar-refractivity contribution in [2.45, 2.75) is 25.3 Å². The van der Waals surface area contributed by atoms with E-state index in [0.29, 0.717) is 24.2 Å². The first-order valence-corrected chi connectivity index (χ1v) is 10.8. The highest BCUT2D eigenvalue weighted by Crippen LogP contribution is 2.31. The molecule has 7 heteroatoms. The molecule has 4 amide bonds. The van der Waals surface area contributed by atoms with Crippen molar-refractivity contribution in [2.75, 3.05) is 6.61 Å². The number of para-hydroxylation sites is 1. The van der Waals surface area contributed by atoms with E-state index >= 15 is 0 Å². The molecule has 3 aromatic rings. The Morgan fingerprint density at radius 3 is 2.27 bits per heavy atom. The summed E-state index contributed by atoms with van der Waals surface area (Å²) in [5.74, 6) is -0.562. The molecule has 0 saturated carbocycles. The molecule has 0 bridgehead atoms. The summed E-state index contributed by atoms with van der Waals surface area (Å²) in [6.45, 7) is 1.47. The molecular weight excluding hydrogens is 418 g/mol. The van der Waals surface area contributed by atoms with Gasteiger partial charge in [-0.25, -0.2) is 4.79 Å². The lowest BCUT2D eigenvalue weighted by Gasteiger charge is -2.25. The standard InChI is InChI=1S/C26H25N3O4/c1-2-26(21-14-7-4-8-15-21)24(31)29(25(32)27-26)28-23(30)18-33-22-16-10-9-13-20(22)17-19-11-5-3-6-12-19/h3-16H,2,17-18H2,1H3,(H,27,32)(H,28,30). The van der Waals surface area contributed by atoms with E-state index in [-0.39, 0.29) is 6.61 Å². The maximum atomic E-state index is 13.1. The van der Waals surface area contributed by atoms with Gasteiger partial charge in [-0.3, -0.25) is 15.0 Å². The summed E-state index contributed by atoms with van der Waals surface area (Å²) in [7, 11) is 0. The zero-order chi connectivity index (χ0) is 23.3. The number of carbonyl (C=O) groups excluding carboxylic acids is 3. The number of nitrogens with zero attached hydrogens (tertiary/aromatic N) is 1.